The summed E-state index contributed by atoms with van der Waals surface area (Å²) in [4.78, 5) is 0. The summed E-state index contributed by atoms with van der Waals surface area (Å²) >= 11 is 0. The highest BCUT2D eigenvalue weighted by atomic mass is 15.0. The molecule has 0 saturated carbocycles. The van der Waals surface area contributed by atoms with E-state index in [2.05, 4.69) is 55.7 Å². The number of rotatable bonds is 1. The summed E-state index contributed by atoms with van der Waals surface area (Å²) in [6.45, 7) is 7.41. The average Bonchev–Trinajstić information content (AvgIpc) is 2.76. The summed E-state index contributed by atoms with van der Waals surface area (Å²) in [7, 11) is 0. The van der Waals surface area contributed by atoms with Gasteiger partial charge in [0, 0.05) is 40.0 Å². The molecule has 1 aromatic heterocycles. The van der Waals surface area contributed by atoms with Crippen molar-refractivity contribution in [2.24, 2.45) is 5.92 Å². The third kappa shape index (κ3) is 1.62. The number of aryl methyl sites for hydroxylation is 2. The molecule has 21 heavy (non-hydrogen) atoms. The Balaban J connectivity index is 2.22. The lowest BCUT2D eigenvalue weighted by molar-refractivity contribution is 0.554. The first-order valence-corrected chi connectivity index (χ1v) is 7.72. The summed E-state index contributed by atoms with van der Waals surface area (Å²) in [5, 5.41) is 11.2. The van der Waals surface area contributed by atoms with Crippen molar-refractivity contribution >= 4 is 27.5 Å². The maximum atomic E-state index is 8.56. The van der Waals surface area contributed by atoms with Gasteiger partial charge in [0.05, 0.1) is 5.52 Å². The molecule has 2 heteroatoms. The minimum absolute atomic E-state index is 0.333. The first-order valence-electron chi connectivity index (χ1n) is 7.72. The van der Waals surface area contributed by atoms with Crippen LogP contribution in [0.25, 0.3) is 21.8 Å². The SMILES string of the molecule is CCC1Cn2c3ccc(C)cc3c3cc(C)cc(c32)C1=N. The highest BCUT2D eigenvalue weighted by Gasteiger charge is 2.27. The van der Waals surface area contributed by atoms with Crippen LogP contribution in [0, 0.1) is 25.2 Å². The van der Waals surface area contributed by atoms with E-state index in [1.807, 2.05) is 0 Å². The number of benzene rings is 2. The molecule has 3 aromatic rings. The quantitative estimate of drug-likeness (QED) is 0.660. The van der Waals surface area contributed by atoms with E-state index in [0.29, 0.717) is 5.92 Å². The topological polar surface area (TPSA) is 28.8 Å². The molecule has 0 aliphatic carbocycles. The van der Waals surface area contributed by atoms with Crippen LogP contribution in [0.1, 0.15) is 30.0 Å². The predicted octanol–water partition coefficient (Wildman–Crippen LogP) is 4.82. The first kappa shape index (κ1) is 12.6. The van der Waals surface area contributed by atoms with Crippen molar-refractivity contribution in [2.45, 2.75) is 33.7 Å². The number of nitrogens with zero attached hydrogens (tertiary/aromatic N) is 1. The minimum atomic E-state index is 0.333. The highest BCUT2D eigenvalue weighted by molar-refractivity contribution is 6.18. The van der Waals surface area contributed by atoms with Crippen molar-refractivity contribution in [3.8, 4) is 0 Å². The maximum Gasteiger partial charge on any atom is 0.0583 e. The first-order chi connectivity index (χ1) is 10.1. The lowest BCUT2D eigenvalue weighted by Crippen LogP contribution is -2.25. The molecule has 2 aromatic carbocycles. The normalized spacial score (nSPS) is 17.9. The van der Waals surface area contributed by atoms with Gasteiger partial charge in [-0.15, -0.1) is 0 Å². The van der Waals surface area contributed by atoms with Crippen molar-refractivity contribution in [1.82, 2.24) is 4.57 Å². The highest BCUT2D eigenvalue weighted by Crippen LogP contribution is 2.37. The van der Waals surface area contributed by atoms with E-state index < -0.39 is 0 Å². The number of aromatic nitrogens is 1. The lowest BCUT2D eigenvalue weighted by Gasteiger charge is -2.25. The van der Waals surface area contributed by atoms with Gasteiger partial charge in [0.2, 0.25) is 0 Å². The molecular formula is C19H20N2. The zero-order valence-electron chi connectivity index (χ0n) is 12.8. The molecule has 1 atom stereocenters. The van der Waals surface area contributed by atoms with Crippen molar-refractivity contribution in [1.29, 1.82) is 5.41 Å². The van der Waals surface area contributed by atoms with E-state index in [4.69, 9.17) is 5.41 Å². The smallest absolute Gasteiger partial charge is 0.0583 e. The van der Waals surface area contributed by atoms with Crippen LogP contribution in [0.2, 0.25) is 0 Å². The molecule has 1 N–H and O–H groups in total. The van der Waals surface area contributed by atoms with Gasteiger partial charge in [-0.1, -0.05) is 18.6 Å². The summed E-state index contributed by atoms with van der Waals surface area (Å²) in [5.74, 6) is 0.333. The van der Waals surface area contributed by atoms with Crippen molar-refractivity contribution in [2.75, 3.05) is 0 Å². The summed E-state index contributed by atoms with van der Waals surface area (Å²) in [6.07, 6.45) is 1.03. The van der Waals surface area contributed by atoms with Gasteiger partial charge in [-0.3, -0.25) is 0 Å². The molecule has 4 rings (SSSR count). The molecule has 0 spiro atoms. The Morgan fingerprint density at radius 2 is 1.86 bits per heavy atom. The number of fused-ring (bicyclic) bond motifs is 3. The molecule has 1 unspecified atom stereocenters. The van der Waals surface area contributed by atoms with Crippen molar-refractivity contribution in [3.63, 3.8) is 0 Å². The number of nitrogens with one attached hydrogen (secondary N) is 1. The Morgan fingerprint density at radius 3 is 2.62 bits per heavy atom. The van der Waals surface area contributed by atoms with E-state index in [9.17, 15) is 0 Å². The van der Waals surface area contributed by atoms with Gasteiger partial charge in [0.25, 0.3) is 0 Å². The number of hydrogen-bond acceptors (Lipinski definition) is 1. The number of hydrogen-bond donors (Lipinski definition) is 1. The standard InChI is InChI=1S/C19H20N2/c1-4-13-10-21-17-6-5-11(2)7-14(17)15-8-12(3)9-16(18(13)20)19(15)21/h5-9,13,20H,4,10H2,1-3H3. The predicted molar refractivity (Wildman–Crippen MR) is 89.5 cm³/mol. The molecular weight excluding hydrogens is 256 g/mol. The van der Waals surface area contributed by atoms with Crippen molar-refractivity contribution in [3.05, 3.63) is 47.0 Å². The second kappa shape index (κ2) is 4.20. The second-order valence-corrected chi connectivity index (χ2v) is 6.36. The van der Waals surface area contributed by atoms with Crippen LogP contribution >= 0.6 is 0 Å². The van der Waals surface area contributed by atoms with Gasteiger partial charge >= 0.3 is 0 Å². The lowest BCUT2D eigenvalue weighted by atomic mass is 9.89. The van der Waals surface area contributed by atoms with Gasteiger partial charge in [0.15, 0.2) is 0 Å². The Labute approximate surface area is 124 Å². The summed E-state index contributed by atoms with van der Waals surface area (Å²) in [6, 6.07) is 11.2. The molecule has 106 valence electrons. The largest absolute Gasteiger partial charge is 0.339 e. The Hall–Kier alpha value is -2.09. The summed E-state index contributed by atoms with van der Waals surface area (Å²) < 4.78 is 2.44. The van der Waals surface area contributed by atoms with Gasteiger partial charge in [-0.05, 0) is 50.1 Å². The van der Waals surface area contributed by atoms with Crippen LogP contribution in [0.5, 0.6) is 0 Å². The van der Waals surface area contributed by atoms with E-state index in [0.717, 1.165) is 24.2 Å². The molecule has 1 aliphatic heterocycles. The fraction of sp³-hybridized carbons (Fsp3) is 0.316. The fourth-order valence-corrected chi connectivity index (χ4v) is 3.76. The Bertz CT molecular complexity index is 899. The minimum Gasteiger partial charge on any atom is -0.339 e. The Morgan fingerprint density at radius 1 is 1.10 bits per heavy atom. The molecule has 1 aliphatic rings. The molecule has 2 nitrogen and oxygen atoms in total. The van der Waals surface area contributed by atoms with Crippen LogP contribution in [-0.2, 0) is 6.54 Å². The maximum absolute atomic E-state index is 8.56. The zero-order chi connectivity index (χ0) is 14.7. The molecule has 0 bridgehead atoms. The van der Waals surface area contributed by atoms with Gasteiger partial charge < -0.3 is 9.98 Å². The van der Waals surface area contributed by atoms with Crippen LogP contribution in [0.4, 0.5) is 0 Å². The monoisotopic (exact) mass is 276 g/mol. The summed E-state index contributed by atoms with van der Waals surface area (Å²) in [5.41, 5.74) is 7.07. The van der Waals surface area contributed by atoms with E-state index >= 15 is 0 Å². The van der Waals surface area contributed by atoms with Crippen LogP contribution in [0.15, 0.2) is 30.3 Å². The third-order valence-corrected chi connectivity index (χ3v) is 4.85. The molecule has 0 saturated heterocycles. The second-order valence-electron chi connectivity index (χ2n) is 6.36. The van der Waals surface area contributed by atoms with Crippen LogP contribution in [0.3, 0.4) is 0 Å². The van der Waals surface area contributed by atoms with E-state index in [1.165, 1.54) is 32.9 Å². The molecule has 2 heterocycles. The Kier molecular flexibility index (Phi) is 2.53. The van der Waals surface area contributed by atoms with Crippen molar-refractivity contribution < 1.29 is 0 Å². The molecule has 0 fully saturated rings. The van der Waals surface area contributed by atoms with Gasteiger partial charge in [0.1, 0.15) is 0 Å². The third-order valence-electron chi connectivity index (χ3n) is 4.85. The van der Waals surface area contributed by atoms with Gasteiger partial charge in [-0.25, -0.2) is 0 Å². The molecule has 0 radical (unpaired) electrons. The van der Waals surface area contributed by atoms with Gasteiger partial charge in [-0.2, -0.15) is 0 Å². The van der Waals surface area contributed by atoms with E-state index in [1.54, 1.807) is 0 Å². The molecule has 0 amide bonds. The average molecular weight is 276 g/mol. The van der Waals surface area contributed by atoms with E-state index in [-0.39, 0.29) is 0 Å². The zero-order valence-corrected chi connectivity index (χ0v) is 12.8. The van der Waals surface area contributed by atoms with Crippen LogP contribution in [-0.4, -0.2) is 10.3 Å². The fourth-order valence-electron chi connectivity index (χ4n) is 3.76. The van der Waals surface area contributed by atoms with Crippen LogP contribution < -0.4 is 0 Å².